The molecule has 2 N–H and O–H groups in total. The second kappa shape index (κ2) is 6.84. The Morgan fingerprint density at radius 3 is 1.24 bits per heavy atom. The molecule has 6 atom stereocenters. The molecule has 0 saturated heterocycles. The summed E-state index contributed by atoms with van der Waals surface area (Å²) in [6, 6.07) is 0. The highest BCUT2D eigenvalue weighted by atomic mass is 79.9. The molecule has 7 heteroatoms. The maximum absolute atomic E-state index is 12.0. The first-order valence-electron chi connectivity index (χ1n) is 5.40. The Bertz CT molecular complexity index is 303. The zero-order valence-electron chi connectivity index (χ0n) is 10.3. The average Bonchev–Trinajstić information content (AvgIpc) is 2.24. The van der Waals surface area contributed by atoms with Crippen LogP contribution in [0.3, 0.4) is 0 Å². The summed E-state index contributed by atoms with van der Waals surface area (Å²) in [5, 5.41) is 19.6. The predicted molar refractivity (Wildman–Crippen MR) is 76.0 cm³/mol. The van der Waals surface area contributed by atoms with Gasteiger partial charge in [-0.3, -0.25) is 0 Å². The molecule has 6 unspecified atom stereocenters. The Hall–Kier alpha value is 0.830. The third-order valence-electron chi connectivity index (χ3n) is 3.02. The number of sulfone groups is 1. The standard InChI is InChI=1S/C10H20Br2O4S/c1-5(7(3)11)9(13)17(15,16)10(14)6(2)8(4)12/h5-10,13-14H,1-4H3. The fraction of sp³-hybridized carbons (Fsp3) is 1.00. The molecule has 17 heavy (non-hydrogen) atoms. The van der Waals surface area contributed by atoms with Gasteiger partial charge in [0.2, 0.25) is 9.84 Å². The Morgan fingerprint density at radius 2 is 1.06 bits per heavy atom. The number of alkyl halides is 2. The van der Waals surface area contributed by atoms with E-state index in [1.807, 2.05) is 0 Å². The van der Waals surface area contributed by atoms with E-state index in [1.165, 1.54) is 0 Å². The van der Waals surface area contributed by atoms with Crippen LogP contribution < -0.4 is 0 Å². The van der Waals surface area contributed by atoms with E-state index in [1.54, 1.807) is 27.7 Å². The molecule has 0 bridgehead atoms. The molecule has 0 fully saturated rings. The van der Waals surface area contributed by atoms with Gasteiger partial charge in [-0.2, -0.15) is 0 Å². The first-order valence-corrected chi connectivity index (χ1v) is 8.84. The Kier molecular flexibility index (Phi) is 7.17. The van der Waals surface area contributed by atoms with Crippen molar-refractivity contribution in [3.8, 4) is 0 Å². The highest BCUT2D eigenvalue weighted by Crippen LogP contribution is 2.27. The molecule has 0 amide bonds. The summed E-state index contributed by atoms with van der Waals surface area (Å²) in [5.74, 6) is -0.986. The number of rotatable bonds is 6. The normalized spacial score (nSPS) is 23.5. The van der Waals surface area contributed by atoms with E-state index in [0.717, 1.165) is 0 Å². The molecule has 0 saturated carbocycles. The fourth-order valence-corrected chi connectivity index (χ4v) is 4.13. The minimum absolute atomic E-state index is 0.156. The van der Waals surface area contributed by atoms with Crippen molar-refractivity contribution in [1.29, 1.82) is 0 Å². The van der Waals surface area contributed by atoms with Crippen LogP contribution in [0, 0.1) is 11.8 Å². The summed E-state index contributed by atoms with van der Waals surface area (Å²) >= 11 is 6.47. The minimum atomic E-state index is -3.98. The zero-order chi connectivity index (χ0) is 14.0. The molecule has 4 nitrogen and oxygen atoms in total. The lowest BCUT2D eigenvalue weighted by Crippen LogP contribution is -2.42. The van der Waals surface area contributed by atoms with Crippen molar-refractivity contribution in [2.24, 2.45) is 11.8 Å². The fourth-order valence-electron chi connectivity index (χ4n) is 1.19. The lowest BCUT2D eigenvalue weighted by Gasteiger charge is -2.27. The molecular weight excluding hydrogens is 376 g/mol. The van der Waals surface area contributed by atoms with Gasteiger partial charge in [-0.25, -0.2) is 8.42 Å². The maximum atomic E-state index is 12.0. The second-order valence-corrected chi connectivity index (χ2v) is 9.48. The smallest absolute Gasteiger partial charge is 0.203 e. The predicted octanol–water partition coefficient (Wildman–Crippen LogP) is 1.88. The van der Waals surface area contributed by atoms with Crippen LogP contribution in [0.15, 0.2) is 0 Å². The van der Waals surface area contributed by atoms with E-state index < -0.39 is 32.5 Å². The molecule has 0 aliphatic heterocycles. The maximum Gasteiger partial charge on any atom is 0.203 e. The molecule has 0 aromatic carbocycles. The van der Waals surface area contributed by atoms with Gasteiger partial charge in [0.25, 0.3) is 0 Å². The monoisotopic (exact) mass is 394 g/mol. The van der Waals surface area contributed by atoms with Crippen molar-refractivity contribution in [2.75, 3.05) is 0 Å². The van der Waals surface area contributed by atoms with Gasteiger partial charge >= 0.3 is 0 Å². The van der Waals surface area contributed by atoms with Crippen molar-refractivity contribution >= 4 is 41.7 Å². The number of aliphatic hydroxyl groups is 2. The van der Waals surface area contributed by atoms with Crippen LogP contribution in [0.5, 0.6) is 0 Å². The topological polar surface area (TPSA) is 74.6 Å². The van der Waals surface area contributed by atoms with Crippen LogP contribution in [0.25, 0.3) is 0 Å². The highest BCUT2D eigenvalue weighted by molar-refractivity contribution is 9.09. The van der Waals surface area contributed by atoms with Crippen LogP contribution >= 0.6 is 31.9 Å². The second-order valence-electron chi connectivity index (χ2n) is 4.44. The van der Waals surface area contributed by atoms with E-state index in [9.17, 15) is 18.6 Å². The molecule has 0 heterocycles. The largest absolute Gasteiger partial charge is 0.377 e. The summed E-state index contributed by atoms with van der Waals surface area (Å²) in [6.45, 7) is 6.76. The molecule has 0 aliphatic rings. The van der Waals surface area contributed by atoms with Crippen LogP contribution in [0.4, 0.5) is 0 Å². The summed E-state index contributed by atoms with van der Waals surface area (Å²) in [6.07, 6.45) is 0. The molecule has 0 aromatic rings. The molecule has 0 aromatic heterocycles. The first kappa shape index (κ1) is 17.8. The average molecular weight is 396 g/mol. The summed E-state index contributed by atoms with van der Waals surface area (Å²) in [7, 11) is -3.98. The van der Waals surface area contributed by atoms with Gasteiger partial charge in [0.15, 0.2) is 10.9 Å². The van der Waals surface area contributed by atoms with Gasteiger partial charge in [-0.15, -0.1) is 0 Å². The van der Waals surface area contributed by atoms with Crippen LogP contribution in [0.2, 0.25) is 0 Å². The molecule has 0 radical (unpaired) electrons. The van der Waals surface area contributed by atoms with Gasteiger partial charge in [0.1, 0.15) is 0 Å². The van der Waals surface area contributed by atoms with E-state index in [0.29, 0.717) is 0 Å². The van der Waals surface area contributed by atoms with Crippen molar-refractivity contribution < 1.29 is 18.6 Å². The number of aliphatic hydroxyl groups excluding tert-OH is 2. The minimum Gasteiger partial charge on any atom is -0.377 e. The molecule has 0 spiro atoms. The molecule has 0 aliphatic carbocycles. The lowest BCUT2D eigenvalue weighted by molar-refractivity contribution is 0.153. The first-order chi connectivity index (χ1) is 7.53. The third kappa shape index (κ3) is 4.45. The number of halogens is 2. The van der Waals surface area contributed by atoms with E-state index in [4.69, 9.17) is 0 Å². The highest BCUT2D eigenvalue weighted by Gasteiger charge is 2.40. The van der Waals surface area contributed by atoms with Gasteiger partial charge in [0.05, 0.1) is 0 Å². The lowest BCUT2D eigenvalue weighted by atomic mass is 10.1. The quantitative estimate of drug-likeness (QED) is 0.673. The number of hydrogen-bond donors (Lipinski definition) is 2. The summed E-state index contributed by atoms with van der Waals surface area (Å²) in [4.78, 5) is -0.313. The van der Waals surface area contributed by atoms with E-state index >= 15 is 0 Å². The summed E-state index contributed by atoms with van der Waals surface area (Å²) in [5.41, 5.74) is -3.14. The van der Waals surface area contributed by atoms with Crippen LogP contribution in [-0.4, -0.2) is 39.2 Å². The van der Waals surface area contributed by atoms with Crippen molar-refractivity contribution in [2.45, 2.75) is 48.2 Å². The van der Waals surface area contributed by atoms with Crippen molar-refractivity contribution in [1.82, 2.24) is 0 Å². The number of hydrogen-bond acceptors (Lipinski definition) is 4. The zero-order valence-corrected chi connectivity index (χ0v) is 14.3. The molecule has 104 valence electrons. The molecular formula is C10H20Br2O4S. The van der Waals surface area contributed by atoms with Gasteiger partial charge < -0.3 is 10.2 Å². The van der Waals surface area contributed by atoms with Crippen LogP contribution in [-0.2, 0) is 9.84 Å². The van der Waals surface area contributed by atoms with Crippen molar-refractivity contribution in [3.05, 3.63) is 0 Å². The van der Waals surface area contributed by atoms with Crippen molar-refractivity contribution in [3.63, 3.8) is 0 Å². The van der Waals surface area contributed by atoms with E-state index in [-0.39, 0.29) is 9.65 Å². The summed E-state index contributed by atoms with van der Waals surface area (Å²) < 4.78 is 24.0. The Labute approximate surface area is 120 Å². The van der Waals surface area contributed by atoms with Gasteiger partial charge in [0, 0.05) is 21.5 Å². The third-order valence-corrected chi connectivity index (χ3v) is 6.89. The Morgan fingerprint density at radius 1 is 0.824 bits per heavy atom. The van der Waals surface area contributed by atoms with Gasteiger partial charge in [-0.1, -0.05) is 59.6 Å². The SMILES string of the molecule is CC(Br)C(C)C(O)S(=O)(=O)C(O)C(C)C(C)Br. The van der Waals surface area contributed by atoms with Gasteiger partial charge in [-0.05, 0) is 0 Å². The molecule has 0 rings (SSSR count). The Balaban J connectivity index is 5.02. The van der Waals surface area contributed by atoms with E-state index in [2.05, 4.69) is 31.9 Å². The van der Waals surface area contributed by atoms with Crippen LogP contribution in [0.1, 0.15) is 27.7 Å².